The van der Waals surface area contributed by atoms with E-state index in [1.807, 2.05) is 0 Å². The van der Waals surface area contributed by atoms with Gasteiger partial charge in [0.15, 0.2) is 0 Å². The van der Waals surface area contributed by atoms with Crippen molar-refractivity contribution in [3.05, 3.63) is 18.2 Å². The van der Waals surface area contributed by atoms with Crippen LogP contribution in [0.5, 0.6) is 11.5 Å². The van der Waals surface area contributed by atoms with Gasteiger partial charge in [0.1, 0.15) is 17.4 Å². The molecule has 1 aromatic carbocycles. The Kier molecular flexibility index (Phi) is 4.27. The second-order valence-electron chi connectivity index (χ2n) is 4.35. The first-order valence-corrected chi connectivity index (χ1v) is 6.16. The Labute approximate surface area is 120 Å². The van der Waals surface area contributed by atoms with Crippen molar-refractivity contribution in [2.75, 3.05) is 19.5 Å². The predicted octanol–water partition coefficient (Wildman–Crippen LogP) is -0.190. The van der Waals surface area contributed by atoms with Gasteiger partial charge in [-0.2, -0.15) is 0 Å². The summed E-state index contributed by atoms with van der Waals surface area (Å²) in [5.74, 6) is -1.55. The summed E-state index contributed by atoms with van der Waals surface area (Å²) in [4.78, 5) is 34.7. The fourth-order valence-electron chi connectivity index (χ4n) is 1.90. The average molecular weight is 293 g/mol. The van der Waals surface area contributed by atoms with Crippen molar-refractivity contribution in [1.29, 1.82) is 0 Å². The molecule has 0 aromatic heterocycles. The molecular formula is C13H15N3O5. The Morgan fingerprint density at radius 1 is 1.19 bits per heavy atom. The standard InChI is InChI=1S/C13H15N3O5/c1-20-7-3-4-10(21-2)9(5-7)14-11(17)6-8-12(18)15-16-13(8)19/h3-5,8H,6H2,1-2H3,(H,14,17)(H,15,18)(H,16,19). The number of hydrogen-bond donors (Lipinski definition) is 3. The molecule has 8 nitrogen and oxygen atoms in total. The minimum absolute atomic E-state index is 0.252. The number of carbonyl (C=O) groups is 3. The van der Waals surface area contributed by atoms with Gasteiger partial charge in [0, 0.05) is 12.5 Å². The zero-order chi connectivity index (χ0) is 15.4. The highest BCUT2D eigenvalue weighted by atomic mass is 16.5. The van der Waals surface area contributed by atoms with Gasteiger partial charge in [-0.05, 0) is 12.1 Å². The summed E-state index contributed by atoms with van der Waals surface area (Å²) in [5.41, 5.74) is 4.74. The van der Waals surface area contributed by atoms with Crippen LogP contribution in [-0.2, 0) is 14.4 Å². The Bertz CT molecular complexity index is 571. The van der Waals surface area contributed by atoms with Crippen molar-refractivity contribution in [3.8, 4) is 11.5 Å². The van der Waals surface area contributed by atoms with Crippen LogP contribution in [0.4, 0.5) is 5.69 Å². The van der Waals surface area contributed by atoms with E-state index >= 15 is 0 Å². The summed E-state index contributed by atoms with van der Waals surface area (Å²) >= 11 is 0. The molecule has 0 saturated carbocycles. The van der Waals surface area contributed by atoms with Gasteiger partial charge < -0.3 is 14.8 Å². The lowest BCUT2D eigenvalue weighted by Crippen LogP contribution is -2.28. The van der Waals surface area contributed by atoms with E-state index in [-0.39, 0.29) is 6.42 Å². The fraction of sp³-hybridized carbons (Fsp3) is 0.308. The van der Waals surface area contributed by atoms with Crippen molar-refractivity contribution in [2.45, 2.75) is 6.42 Å². The third-order valence-corrected chi connectivity index (χ3v) is 3.01. The van der Waals surface area contributed by atoms with E-state index in [2.05, 4.69) is 16.2 Å². The van der Waals surface area contributed by atoms with E-state index in [9.17, 15) is 14.4 Å². The van der Waals surface area contributed by atoms with Crippen LogP contribution in [-0.4, -0.2) is 31.9 Å². The fourth-order valence-corrected chi connectivity index (χ4v) is 1.90. The van der Waals surface area contributed by atoms with Crippen molar-refractivity contribution < 1.29 is 23.9 Å². The van der Waals surface area contributed by atoms with Gasteiger partial charge in [-0.1, -0.05) is 0 Å². The van der Waals surface area contributed by atoms with Crippen LogP contribution in [0.25, 0.3) is 0 Å². The zero-order valence-corrected chi connectivity index (χ0v) is 11.6. The Morgan fingerprint density at radius 2 is 1.86 bits per heavy atom. The summed E-state index contributed by atoms with van der Waals surface area (Å²) < 4.78 is 10.2. The highest BCUT2D eigenvalue weighted by molar-refractivity contribution is 6.09. The van der Waals surface area contributed by atoms with Gasteiger partial charge in [0.25, 0.3) is 11.8 Å². The van der Waals surface area contributed by atoms with Crippen molar-refractivity contribution in [2.24, 2.45) is 5.92 Å². The van der Waals surface area contributed by atoms with Gasteiger partial charge in [-0.3, -0.25) is 25.2 Å². The summed E-state index contributed by atoms with van der Waals surface area (Å²) in [5, 5.41) is 2.60. The maximum absolute atomic E-state index is 12.0. The van der Waals surface area contributed by atoms with Crippen molar-refractivity contribution >= 4 is 23.4 Å². The molecule has 0 aliphatic carbocycles. The lowest BCUT2D eigenvalue weighted by atomic mass is 10.1. The number of ether oxygens (including phenoxy) is 2. The molecule has 3 N–H and O–H groups in total. The normalized spacial score (nSPS) is 14.4. The average Bonchev–Trinajstić information content (AvgIpc) is 2.79. The van der Waals surface area contributed by atoms with Gasteiger partial charge in [0.05, 0.1) is 19.9 Å². The number of hydrazine groups is 1. The first kappa shape index (κ1) is 14.6. The quantitative estimate of drug-likeness (QED) is 0.652. The maximum atomic E-state index is 12.0. The molecule has 0 unspecified atom stereocenters. The SMILES string of the molecule is COc1ccc(OC)c(NC(=O)CC2C(=O)NNC2=O)c1. The van der Waals surface area contributed by atoms with Gasteiger partial charge >= 0.3 is 0 Å². The Balaban J connectivity index is 2.08. The van der Waals surface area contributed by atoms with Crippen molar-refractivity contribution in [1.82, 2.24) is 10.9 Å². The van der Waals surface area contributed by atoms with Gasteiger partial charge in [-0.25, -0.2) is 0 Å². The van der Waals surface area contributed by atoms with E-state index < -0.39 is 23.6 Å². The number of anilines is 1. The van der Waals surface area contributed by atoms with E-state index in [4.69, 9.17) is 9.47 Å². The number of carbonyl (C=O) groups excluding carboxylic acids is 3. The third kappa shape index (κ3) is 3.22. The van der Waals surface area contributed by atoms with Crippen LogP contribution in [0.3, 0.4) is 0 Å². The molecule has 21 heavy (non-hydrogen) atoms. The van der Waals surface area contributed by atoms with Gasteiger partial charge in [-0.15, -0.1) is 0 Å². The number of hydrogen-bond acceptors (Lipinski definition) is 5. The minimum Gasteiger partial charge on any atom is -0.497 e. The molecule has 1 aliphatic rings. The van der Waals surface area contributed by atoms with Crippen LogP contribution in [0.1, 0.15) is 6.42 Å². The highest BCUT2D eigenvalue weighted by Gasteiger charge is 2.34. The molecule has 1 aliphatic heterocycles. The third-order valence-electron chi connectivity index (χ3n) is 3.01. The van der Waals surface area contributed by atoms with Crippen LogP contribution >= 0.6 is 0 Å². The Morgan fingerprint density at radius 3 is 2.43 bits per heavy atom. The number of amides is 3. The molecule has 112 valence electrons. The molecule has 0 spiro atoms. The number of benzene rings is 1. The van der Waals surface area contributed by atoms with E-state index in [1.54, 1.807) is 18.2 Å². The minimum atomic E-state index is -1.03. The summed E-state index contributed by atoms with van der Waals surface area (Å²) in [6.45, 7) is 0. The molecule has 1 heterocycles. The second-order valence-corrected chi connectivity index (χ2v) is 4.35. The predicted molar refractivity (Wildman–Crippen MR) is 72.6 cm³/mol. The monoisotopic (exact) mass is 293 g/mol. The molecule has 8 heteroatoms. The largest absolute Gasteiger partial charge is 0.497 e. The van der Waals surface area contributed by atoms with Crippen LogP contribution in [0, 0.1) is 5.92 Å². The number of methoxy groups -OCH3 is 2. The zero-order valence-electron chi connectivity index (χ0n) is 11.6. The van der Waals surface area contributed by atoms with Crippen LogP contribution < -0.4 is 25.6 Å². The molecule has 2 rings (SSSR count). The number of rotatable bonds is 5. The first-order chi connectivity index (χ1) is 10.0. The molecule has 3 amide bonds. The Hall–Kier alpha value is -2.77. The topological polar surface area (TPSA) is 106 Å². The lowest BCUT2D eigenvalue weighted by Gasteiger charge is -2.12. The molecule has 0 radical (unpaired) electrons. The van der Waals surface area contributed by atoms with Crippen molar-refractivity contribution in [3.63, 3.8) is 0 Å². The molecule has 0 atom stereocenters. The molecule has 1 saturated heterocycles. The smallest absolute Gasteiger partial charge is 0.251 e. The summed E-state index contributed by atoms with van der Waals surface area (Å²) in [6, 6.07) is 4.92. The molecule has 1 fully saturated rings. The second kappa shape index (κ2) is 6.12. The number of nitrogens with one attached hydrogen (secondary N) is 3. The molecular weight excluding hydrogens is 278 g/mol. The summed E-state index contributed by atoms with van der Waals surface area (Å²) in [7, 11) is 2.97. The van der Waals surface area contributed by atoms with Crippen LogP contribution in [0.15, 0.2) is 18.2 Å². The first-order valence-electron chi connectivity index (χ1n) is 6.16. The molecule has 0 bridgehead atoms. The lowest BCUT2D eigenvalue weighted by molar-refractivity contribution is -0.131. The summed E-state index contributed by atoms with van der Waals surface area (Å²) in [6.07, 6.45) is -0.252. The van der Waals surface area contributed by atoms with Crippen LogP contribution in [0.2, 0.25) is 0 Å². The highest BCUT2D eigenvalue weighted by Crippen LogP contribution is 2.29. The van der Waals surface area contributed by atoms with E-state index in [0.29, 0.717) is 17.2 Å². The van der Waals surface area contributed by atoms with E-state index in [1.165, 1.54) is 14.2 Å². The van der Waals surface area contributed by atoms with E-state index in [0.717, 1.165) is 0 Å². The van der Waals surface area contributed by atoms with Gasteiger partial charge in [0.2, 0.25) is 5.91 Å². The maximum Gasteiger partial charge on any atom is 0.251 e. The molecule has 1 aromatic rings.